The maximum absolute atomic E-state index is 13.7. The van der Waals surface area contributed by atoms with Crippen LogP contribution in [0.1, 0.15) is 19.4 Å². The Kier molecular flexibility index (Phi) is 5.47. The topological polar surface area (TPSA) is 15.3 Å². The first-order valence-corrected chi connectivity index (χ1v) is 5.92. The number of hydrogen-bond acceptors (Lipinski definition) is 2. The van der Waals surface area contributed by atoms with E-state index >= 15 is 0 Å². The molecule has 0 atom stereocenters. The number of rotatable bonds is 6. The number of alkyl halides is 2. The average Bonchev–Trinajstić information content (AvgIpc) is 2.25. The maximum Gasteiger partial charge on any atom is 0.255 e. The van der Waals surface area contributed by atoms with Crippen molar-refractivity contribution in [3.05, 3.63) is 29.6 Å². The van der Waals surface area contributed by atoms with Gasteiger partial charge in [-0.1, -0.05) is 19.9 Å². The van der Waals surface area contributed by atoms with Gasteiger partial charge < -0.3 is 10.2 Å². The zero-order valence-electron chi connectivity index (χ0n) is 10.9. The zero-order chi connectivity index (χ0) is 13.7. The third-order valence-corrected chi connectivity index (χ3v) is 2.60. The highest BCUT2D eigenvalue weighted by atomic mass is 19.3. The molecule has 102 valence electrons. The molecule has 0 spiro atoms. The number of benzene rings is 1. The molecule has 0 aliphatic heterocycles. The highest BCUT2D eigenvalue weighted by Gasteiger charge is 2.15. The molecular formula is C13H19F3N2. The van der Waals surface area contributed by atoms with Crippen LogP contribution in [0.3, 0.4) is 0 Å². The lowest BCUT2D eigenvalue weighted by molar-refractivity contribution is 0.156. The van der Waals surface area contributed by atoms with Crippen LogP contribution in [0.15, 0.2) is 18.2 Å². The van der Waals surface area contributed by atoms with Crippen LogP contribution in [0.4, 0.5) is 18.9 Å². The van der Waals surface area contributed by atoms with Gasteiger partial charge in [-0.3, -0.25) is 0 Å². The molecule has 0 unspecified atom stereocenters. The van der Waals surface area contributed by atoms with E-state index in [0.29, 0.717) is 17.8 Å². The Morgan fingerprint density at radius 2 is 1.94 bits per heavy atom. The van der Waals surface area contributed by atoms with E-state index in [-0.39, 0.29) is 11.9 Å². The first-order chi connectivity index (χ1) is 8.41. The van der Waals surface area contributed by atoms with E-state index < -0.39 is 13.0 Å². The molecule has 1 aromatic carbocycles. The molecule has 0 aliphatic rings. The standard InChI is InChI=1S/C13H19F3N2/c1-9(2)17-7-10-11(14)5-4-6-12(10)18(3)8-13(15)16/h4-6,9,13,17H,7-8H2,1-3H3. The highest BCUT2D eigenvalue weighted by Crippen LogP contribution is 2.23. The quantitative estimate of drug-likeness (QED) is 0.845. The lowest BCUT2D eigenvalue weighted by Gasteiger charge is -2.23. The van der Waals surface area contributed by atoms with Gasteiger partial charge in [0.2, 0.25) is 0 Å². The minimum Gasteiger partial charge on any atom is -0.369 e. The molecule has 0 saturated carbocycles. The Morgan fingerprint density at radius 3 is 2.50 bits per heavy atom. The summed E-state index contributed by atoms with van der Waals surface area (Å²) >= 11 is 0. The molecule has 0 bridgehead atoms. The fourth-order valence-corrected chi connectivity index (χ4v) is 1.69. The smallest absolute Gasteiger partial charge is 0.255 e. The van der Waals surface area contributed by atoms with Crippen molar-refractivity contribution in [3.63, 3.8) is 0 Å². The highest BCUT2D eigenvalue weighted by molar-refractivity contribution is 5.53. The van der Waals surface area contributed by atoms with Crippen LogP contribution in [-0.2, 0) is 6.54 Å². The van der Waals surface area contributed by atoms with Crippen LogP contribution in [-0.4, -0.2) is 26.1 Å². The van der Waals surface area contributed by atoms with Gasteiger partial charge in [0, 0.05) is 30.9 Å². The largest absolute Gasteiger partial charge is 0.369 e. The summed E-state index contributed by atoms with van der Waals surface area (Å²) in [5, 5.41) is 3.10. The molecule has 1 aromatic rings. The summed E-state index contributed by atoms with van der Waals surface area (Å²) in [6, 6.07) is 4.74. The molecule has 0 saturated heterocycles. The van der Waals surface area contributed by atoms with Crippen LogP contribution < -0.4 is 10.2 Å². The van der Waals surface area contributed by atoms with Crippen molar-refractivity contribution in [2.24, 2.45) is 0 Å². The summed E-state index contributed by atoms with van der Waals surface area (Å²) in [5.41, 5.74) is 0.929. The Balaban J connectivity index is 2.92. The van der Waals surface area contributed by atoms with Gasteiger partial charge in [-0.05, 0) is 12.1 Å². The van der Waals surface area contributed by atoms with Gasteiger partial charge in [0.05, 0.1) is 6.54 Å². The second-order valence-corrected chi connectivity index (χ2v) is 4.54. The minimum absolute atomic E-state index is 0.206. The fraction of sp³-hybridized carbons (Fsp3) is 0.538. The lowest BCUT2D eigenvalue weighted by atomic mass is 10.1. The van der Waals surface area contributed by atoms with Crippen molar-refractivity contribution >= 4 is 5.69 Å². The Morgan fingerprint density at radius 1 is 1.28 bits per heavy atom. The van der Waals surface area contributed by atoms with Crippen LogP contribution >= 0.6 is 0 Å². The maximum atomic E-state index is 13.7. The molecule has 2 nitrogen and oxygen atoms in total. The predicted molar refractivity (Wildman–Crippen MR) is 67.6 cm³/mol. The SMILES string of the molecule is CC(C)NCc1c(F)cccc1N(C)CC(F)F. The van der Waals surface area contributed by atoms with E-state index in [9.17, 15) is 13.2 Å². The van der Waals surface area contributed by atoms with Crippen LogP contribution in [0.5, 0.6) is 0 Å². The Bertz CT molecular complexity index is 380. The van der Waals surface area contributed by atoms with E-state index in [4.69, 9.17) is 0 Å². The summed E-state index contributed by atoms with van der Waals surface area (Å²) in [4.78, 5) is 1.38. The monoisotopic (exact) mass is 260 g/mol. The third kappa shape index (κ3) is 4.22. The summed E-state index contributed by atoms with van der Waals surface area (Å²) in [5.74, 6) is -0.373. The Hall–Kier alpha value is -1.23. The van der Waals surface area contributed by atoms with Gasteiger partial charge in [-0.15, -0.1) is 0 Å². The second-order valence-electron chi connectivity index (χ2n) is 4.54. The van der Waals surface area contributed by atoms with Crippen LogP contribution in [0.2, 0.25) is 0 Å². The van der Waals surface area contributed by atoms with E-state index in [2.05, 4.69) is 5.32 Å². The van der Waals surface area contributed by atoms with E-state index in [1.165, 1.54) is 17.0 Å². The van der Waals surface area contributed by atoms with Gasteiger partial charge in [0.15, 0.2) is 0 Å². The van der Waals surface area contributed by atoms with E-state index in [1.54, 1.807) is 13.1 Å². The first-order valence-electron chi connectivity index (χ1n) is 5.92. The second kappa shape index (κ2) is 6.64. The normalized spacial score (nSPS) is 11.3. The van der Waals surface area contributed by atoms with Crippen molar-refractivity contribution in [2.45, 2.75) is 32.9 Å². The first kappa shape index (κ1) is 14.8. The van der Waals surface area contributed by atoms with Gasteiger partial charge in [0.1, 0.15) is 5.82 Å². The van der Waals surface area contributed by atoms with Crippen LogP contribution in [0, 0.1) is 5.82 Å². The molecule has 0 amide bonds. The van der Waals surface area contributed by atoms with Gasteiger partial charge in [0.25, 0.3) is 6.43 Å². The molecule has 0 heterocycles. The number of halogens is 3. The number of hydrogen-bond donors (Lipinski definition) is 1. The number of nitrogens with one attached hydrogen (secondary N) is 1. The lowest BCUT2D eigenvalue weighted by Crippen LogP contribution is -2.28. The molecule has 1 N–H and O–H groups in total. The van der Waals surface area contributed by atoms with Crippen molar-refractivity contribution in [1.29, 1.82) is 0 Å². The van der Waals surface area contributed by atoms with Gasteiger partial charge >= 0.3 is 0 Å². The molecule has 0 fully saturated rings. The predicted octanol–water partition coefficient (Wildman–Crippen LogP) is 3.03. The summed E-state index contributed by atoms with van der Waals surface area (Å²) in [7, 11) is 1.54. The third-order valence-electron chi connectivity index (χ3n) is 2.60. The minimum atomic E-state index is -2.44. The molecule has 0 aliphatic carbocycles. The molecule has 0 aromatic heterocycles. The van der Waals surface area contributed by atoms with Crippen LogP contribution in [0.25, 0.3) is 0 Å². The summed E-state index contributed by atoms with van der Waals surface area (Å²) in [6.07, 6.45) is -2.44. The van der Waals surface area contributed by atoms with Crippen molar-refractivity contribution in [3.8, 4) is 0 Å². The Labute approximate surface area is 106 Å². The molecular weight excluding hydrogens is 241 g/mol. The fourth-order valence-electron chi connectivity index (χ4n) is 1.69. The van der Waals surface area contributed by atoms with Crippen molar-refractivity contribution < 1.29 is 13.2 Å². The molecule has 5 heteroatoms. The van der Waals surface area contributed by atoms with E-state index in [1.807, 2.05) is 13.8 Å². The zero-order valence-corrected chi connectivity index (χ0v) is 10.9. The van der Waals surface area contributed by atoms with Gasteiger partial charge in [-0.2, -0.15) is 0 Å². The molecule has 1 rings (SSSR count). The average molecular weight is 260 g/mol. The number of anilines is 1. The van der Waals surface area contributed by atoms with Gasteiger partial charge in [-0.25, -0.2) is 13.2 Å². The molecule has 18 heavy (non-hydrogen) atoms. The van der Waals surface area contributed by atoms with Crippen molar-refractivity contribution in [2.75, 3.05) is 18.5 Å². The number of nitrogens with zero attached hydrogens (tertiary/aromatic N) is 1. The van der Waals surface area contributed by atoms with E-state index in [0.717, 1.165) is 0 Å². The summed E-state index contributed by atoms with van der Waals surface area (Å²) < 4.78 is 38.5. The van der Waals surface area contributed by atoms with Crippen molar-refractivity contribution in [1.82, 2.24) is 5.32 Å². The summed E-state index contributed by atoms with van der Waals surface area (Å²) in [6.45, 7) is 3.82. The molecule has 0 radical (unpaired) electrons.